The maximum Gasteiger partial charge on any atom is 0.250 e. The molecule has 0 N–H and O–H groups in total. The number of benzene rings is 1. The maximum atomic E-state index is 12.3. The zero-order chi connectivity index (χ0) is 17.0. The van der Waals surface area contributed by atoms with Crippen LogP contribution in [0.4, 0.5) is 0 Å². The second-order valence-electron chi connectivity index (χ2n) is 9.15. The molecule has 1 fully saturated rings. The molecule has 2 nitrogen and oxygen atoms in total. The van der Waals surface area contributed by atoms with Crippen LogP contribution in [0.25, 0.3) is 0 Å². The number of fused-ring (bicyclic) bond motifs is 3. The van der Waals surface area contributed by atoms with Gasteiger partial charge in [0.05, 0.1) is 0 Å². The predicted octanol–water partition coefficient (Wildman–Crippen LogP) is 5.47. The van der Waals surface area contributed by atoms with Crippen molar-refractivity contribution in [2.45, 2.75) is 77.4 Å². The number of hydrogen-bond acceptors (Lipinski definition) is 2. The van der Waals surface area contributed by atoms with Crippen molar-refractivity contribution >= 4 is 14.1 Å². The number of rotatable bonds is 2. The molecule has 0 heterocycles. The van der Waals surface area contributed by atoms with Crippen molar-refractivity contribution in [1.29, 1.82) is 0 Å². The molecule has 0 spiro atoms. The minimum Gasteiger partial charge on any atom is -0.543 e. The molecule has 0 saturated heterocycles. The van der Waals surface area contributed by atoms with Crippen LogP contribution in [0.3, 0.4) is 0 Å². The van der Waals surface area contributed by atoms with Crippen molar-refractivity contribution in [2.75, 3.05) is 0 Å². The van der Waals surface area contributed by atoms with Gasteiger partial charge in [-0.15, -0.1) is 0 Å². The first-order chi connectivity index (χ1) is 10.5. The summed E-state index contributed by atoms with van der Waals surface area (Å²) < 4.78 is 6.46. The van der Waals surface area contributed by atoms with E-state index in [-0.39, 0.29) is 10.5 Å². The second kappa shape index (κ2) is 5.20. The van der Waals surface area contributed by atoms with Crippen LogP contribution in [0.2, 0.25) is 18.1 Å². The first-order valence-electron chi connectivity index (χ1n) is 8.90. The normalized spacial score (nSPS) is 27.6. The zero-order valence-corrected chi connectivity index (χ0v) is 16.5. The summed E-state index contributed by atoms with van der Waals surface area (Å²) in [5, 5.41) is 0.208. The smallest absolute Gasteiger partial charge is 0.250 e. The highest BCUT2D eigenvalue weighted by atomic mass is 28.4. The fraction of sp³-hybridized carbons (Fsp3) is 0.650. The third-order valence-corrected chi connectivity index (χ3v) is 11.0. The van der Waals surface area contributed by atoms with Crippen molar-refractivity contribution in [3.8, 4) is 5.75 Å². The number of Topliss-reactive ketones (excluding diaryl/α,β-unsaturated/α-hetero) is 1. The summed E-state index contributed by atoms with van der Waals surface area (Å²) in [5.74, 6) is 1.90. The lowest BCUT2D eigenvalue weighted by Gasteiger charge is -2.38. The summed E-state index contributed by atoms with van der Waals surface area (Å²) >= 11 is 0. The topological polar surface area (TPSA) is 26.3 Å². The van der Waals surface area contributed by atoms with Crippen LogP contribution in [0, 0.1) is 5.41 Å². The highest BCUT2D eigenvalue weighted by Crippen LogP contribution is 2.54. The molecule has 2 aliphatic rings. The SMILES string of the molecule is CC(C)(C)[Si](C)(C)Oc1ccc2c(c1)CC[C@]1(C)C(=O)CC[C@@H]21. The Hall–Kier alpha value is -1.09. The Morgan fingerprint density at radius 3 is 2.57 bits per heavy atom. The first kappa shape index (κ1) is 16.8. The fourth-order valence-electron chi connectivity index (χ4n) is 3.93. The van der Waals surface area contributed by atoms with Crippen LogP contribution < -0.4 is 4.43 Å². The molecule has 3 heteroatoms. The van der Waals surface area contributed by atoms with E-state index in [0.717, 1.165) is 31.4 Å². The van der Waals surface area contributed by atoms with Gasteiger partial charge in [0.1, 0.15) is 11.5 Å². The van der Waals surface area contributed by atoms with Crippen LogP contribution in [-0.4, -0.2) is 14.1 Å². The van der Waals surface area contributed by atoms with Gasteiger partial charge in [0.25, 0.3) is 0 Å². The monoisotopic (exact) mass is 330 g/mol. The van der Waals surface area contributed by atoms with Crippen molar-refractivity contribution < 1.29 is 9.22 Å². The Kier molecular flexibility index (Phi) is 3.79. The highest BCUT2D eigenvalue weighted by Gasteiger charge is 2.49. The molecule has 1 aromatic carbocycles. The number of ketones is 1. The molecule has 2 atom stereocenters. The van der Waals surface area contributed by atoms with Gasteiger partial charge in [-0.25, -0.2) is 0 Å². The fourth-order valence-corrected chi connectivity index (χ4v) is 4.95. The van der Waals surface area contributed by atoms with E-state index in [0.29, 0.717) is 11.7 Å². The van der Waals surface area contributed by atoms with E-state index in [2.05, 4.69) is 59.0 Å². The molecular formula is C20H30O2Si. The minimum absolute atomic E-state index is 0.116. The summed E-state index contributed by atoms with van der Waals surface area (Å²) in [5.41, 5.74) is 2.68. The lowest BCUT2D eigenvalue weighted by atomic mass is 9.66. The summed E-state index contributed by atoms with van der Waals surface area (Å²) in [6, 6.07) is 6.62. The van der Waals surface area contributed by atoms with E-state index < -0.39 is 8.32 Å². The molecule has 0 aromatic heterocycles. The Balaban J connectivity index is 1.89. The van der Waals surface area contributed by atoms with Gasteiger partial charge in [-0.2, -0.15) is 0 Å². The van der Waals surface area contributed by atoms with Crippen LogP contribution in [0.15, 0.2) is 18.2 Å². The van der Waals surface area contributed by atoms with E-state index in [1.807, 2.05) is 0 Å². The van der Waals surface area contributed by atoms with Crippen LogP contribution in [-0.2, 0) is 11.2 Å². The number of hydrogen-bond donors (Lipinski definition) is 0. The second-order valence-corrected chi connectivity index (χ2v) is 13.9. The average molecular weight is 331 g/mol. The predicted molar refractivity (Wildman–Crippen MR) is 97.7 cm³/mol. The molecule has 0 aliphatic heterocycles. The van der Waals surface area contributed by atoms with E-state index in [1.54, 1.807) is 0 Å². The molecule has 0 amide bonds. The molecule has 0 radical (unpaired) electrons. The molecule has 1 aromatic rings. The van der Waals surface area contributed by atoms with Crippen molar-refractivity contribution in [3.63, 3.8) is 0 Å². The molecular weight excluding hydrogens is 300 g/mol. The lowest BCUT2D eigenvalue weighted by molar-refractivity contribution is -0.126. The third kappa shape index (κ3) is 2.67. The van der Waals surface area contributed by atoms with Gasteiger partial charge in [0.2, 0.25) is 8.32 Å². The molecule has 23 heavy (non-hydrogen) atoms. The van der Waals surface area contributed by atoms with Crippen molar-refractivity contribution in [2.24, 2.45) is 5.41 Å². The minimum atomic E-state index is -1.80. The standard InChI is InChI=1S/C20H30O2Si/c1-19(2,3)23(5,6)22-15-7-8-16-14(13-15)11-12-20(4)17(16)9-10-18(20)21/h7-8,13,17H,9-12H2,1-6H3/t17-,20-/m0/s1. The molecule has 126 valence electrons. The van der Waals surface area contributed by atoms with Crippen molar-refractivity contribution in [3.05, 3.63) is 29.3 Å². The largest absolute Gasteiger partial charge is 0.543 e. The first-order valence-corrected chi connectivity index (χ1v) is 11.8. The Labute approximate surface area is 141 Å². The van der Waals surface area contributed by atoms with Gasteiger partial charge >= 0.3 is 0 Å². The van der Waals surface area contributed by atoms with Gasteiger partial charge in [-0.3, -0.25) is 4.79 Å². The van der Waals surface area contributed by atoms with Crippen LogP contribution in [0.5, 0.6) is 5.75 Å². The Morgan fingerprint density at radius 2 is 1.91 bits per heavy atom. The Morgan fingerprint density at radius 1 is 1.22 bits per heavy atom. The van der Waals surface area contributed by atoms with E-state index in [9.17, 15) is 4.79 Å². The molecule has 0 unspecified atom stereocenters. The molecule has 1 saturated carbocycles. The van der Waals surface area contributed by atoms with Crippen LogP contribution >= 0.6 is 0 Å². The summed E-state index contributed by atoms with van der Waals surface area (Å²) in [6.07, 6.45) is 3.77. The van der Waals surface area contributed by atoms with E-state index in [1.165, 1.54) is 11.1 Å². The van der Waals surface area contributed by atoms with Gasteiger partial charge in [0, 0.05) is 11.8 Å². The van der Waals surface area contributed by atoms with Crippen LogP contribution in [0.1, 0.15) is 64.0 Å². The zero-order valence-electron chi connectivity index (χ0n) is 15.5. The van der Waals surface area contributed by atoms with Gasteiger partial charge in [-0.05, 0) is 66.6 Å². The third-order valence-electron chi connectivity index (χ3n) is 6.65. The summed E-state index contributed by atoms with van der Waals surface area (Å²) in [4.78, 5) is 12.3. The van der Waals surface area contributed by atoms with Crippen molar-refractivity contribution in [1.82, 2.24) is 0 Å². The average Bonchev–Trinajstić information content (AvgIpc) is 2.73. The lowest BCUT2D eigenvalue weighted by Crippen LogP contribution is -2.43. The number of carbonyl (C=O) groups excluding carboxylic acids is 1. The summed E-state index contributed by atoms with van der Waals surface area (Å²) in [7, 11) is -1.80. The van der Waals surface area contributed by atoms with E-state index in [4.69, 9.17) is 4.43 Å². The highest BCUT2D eigenvalue weighted by molar-refractivity contribution is 6.74. The number of aryl methyl sites for hydroxylation is 1. The van der Waals surface area contributed by atoms with Gasteiger partial charge in [-0.1, -0.05) is 33.8 Å². The maximum absolute atomic E-state index is 12.3. The quantitative estimate of drug-likeness (QED) is 0.672. The molecule has 0 bridgehead atoms. The van der Waals surface area contributed by atoms with Gasteiger partial charge < -0.3 is 4.43 Å². The summed E-state index contributed by atoms with van der Waals surface area (Å²) in [6.45, 7) is 13.6. The van der Waals surface area contributed by atoms with E-state index >= 15 is 0 Å². The molecule has 3 rings (SSSR count). The molecule has 2 aliphatic carbocycles. The number of carbonyl (C=O) groups is 1. The van der Waals surface area contributed by atoms with Gasteiger partial charge in [0.15, 0.2) is 0 Å². The Bertz CT molecular complexity index is 642.